The van der Waals surface area contributed by atoms with Crippen LogP contribution < -0.4 is 10.6 Å². The first-order valence-electron chi connectivity index (χ1n) is 6.93. The van der Waals surface area contributed by atoms with Crippen LogP contribution in [-0.4, -0.2) is 13.1 Å². The fraction of sp³-hybridized carbons (Fsp3) is 0.600. The maximum absolute atomic E-state index is 5.73. The van der Waals surface area contributed by atoms with Crippen molar-refractivity contribution in [2.45, 2.75) is 38.6 Å². The van der Waals surface area contributed by atoms with Gasteiger partial charge in [-0.3, -0.25) is 0 Å². The van der Waals surface area contributed by atoms with Gasteiger partial charge in [0, 0.05) is 25.3 Å². The Morgan fingerprint density at radius 3 is 2.82 bits per heavy atom. The summed E-state index contributed by atoms with van der Waals surface area (Å²) in [6, 6.07) is 6.75. The molecule has 0 radical (unpaired) electrons. The number of hydrogen-bond donors (Lipinski definition) is 1. The van der Waals surface area contributed by atoms with Crippen LogP contribution in [0.3, 0.4) is 0 Å². The summed E-state index contributed by atoms with van der Waals surface area (Å²) >= 11 is 0. The lowest BCUT2D eigenvalue weighted by molar-refractivity contribution is 0.538. The fourth-order valence-electron chi connectivity index (χ4n) is 3.31. The zero-order valence-electron chi connectivity index (χ0n) is 10.5. The second-order valence-corrected chi connectivity index (χ2v) is 5.51. The van der Waals surface area contributed by atoms with E-state index in [2.05, 4.69) is 23.1 Å². The Hall–Kier alpha value is -1.02. The first kappa shape index (κ1) is 11.1. The van der Waals surface area contributed by atoms with Crippen LogP contribution in [0.1, 0.15) is 36.8 Å². The topological polar surface area (TPSA) is 29.3 Å². The highest BCUT2D eigenvalue weighted by molar-refractivity contribution is 5.59. The van der Waals surface area contributed by atoms with Gasteiger partial charge >= 0.3 is 0 Å². The van der Waals surface area contributed by atoms with E-state index in [1.165, 1.54) is 62.0 Å². The molecule has 92 valence electrons. The Balaban J connectivity index is 1.76. The van der Waals surface area contributed by atoms with Gasteiger partial charge in [-0.05, 0) is 42.4 Å². The molecule has 0 aromatic heterocycles. The van der Waals surface area contributed by atoms with Crippen LogP contribution in [0, 0.1) is 5.92 Å². The molecule has 1 heterocycles. The Morgan fingerprint density at radius 2 is 2.06 bits per heavy atom. The molecule has 1 saturated carbocycles. The number of rotatable bonds is 3. The van der Waals surface area contributed by atoms with Crippen LogP contribution in [0.25, 0.3) is 0 Å². The third kappa shape index (κ3) is 2.19. The predicted octanol–water partition coefficient (Wildman–Crippen LogP) is 2.70. The number of nitrogens with zero attached hydrogens (tertiary/aromatic N) is 1. The van der Waals surface area contributed by atoms with E-state index in [0.717, 1.165) is 5.92 Å². The summed E-state index contributed by atoms with van der Waals surface area (Å²) in [5, 5.41) is 0. The average Bonchev–Trinajstić information content (AvgIpc) is 2.99. The maximum Gasteiger partial charge on any atom is 0.0402 e. The first-order chi connectivity index (χ1) is 8.36. The van der Waals surface area contributed by atoms with Crippen molar-refractivity contribution in [3.05, 3.63) is 29.3 Å². The Labute approximate surface area is 104 Å². The molecule has 17 heavy (non-hydrogen) atoms. The second-order valence-electron chi connectivity index (χ2n) is 5.51. The summed E-state index contributed by atoms with van der Waals surface area (Å²) in [6.45, 7) is 3.13. The van der Waals surface area contributed by atoms with E-state index < -0.39 is 0 Å². The molecule has 1 aliphatic carbocycles. The van der Waals surface area contributed by atoms with Crippen LogP contribution in [0.15, 0.2) is 18.2 Å². The van der Waals surface area contributed by atoms with Gasteiger partial charge in [0.1, 0.15) is 0 Å². The molecule has 2 nitrogen and oxygen atoms in total. The molecule has 2 heteroatoms. The van der Waals surface area contributed by atoms with Gasteiger partial charge in [-0.15, -0.1) is 0 Å². The summed E-state index contributed by atoms with van der Waals surface area (Å²) in [5.74, 6) is 0.933. The minimum atomic E-state index is 0.657. The highest BCUT2D eigenvalue weighted by atomic mass is 15.1. The molecular weight excluding hydrogens is 208 g/mol. The van der Waals surface area contributed by atoms with Crippen molar-refractivity contribution in [3.63, 3.8) is 0 Å². The molecule has 2 aliphatic rings. The zero-order chi connectivity index (χ0) is 11.7. The maximum atomic E-state index is 5.73. The minimum absolute atomic E-state index is 0.657. The third-order valence-electron chi connectivity index (χ3n) is 4.33. The van der Waals surface area contributed by atoms with Gasteiger partial charge in [-0.1, -0.05) is 25.0 Å². The number of benzene rings is 1. The lowest BCUT2D eigenvalue weighted by Gasteiger charge is -2.23. The van der Waals surface area contributed by atoms with Gasteiger partial charge < -0.3 is 10.6 Å². The second kappa shape index (κ2) is 4.69. The number of hydrogen-bond acceptors (Lipinski definition) is 2. The van der Waals surface area contributed by atoms with Crippen molar-refractivity contribution < 1.29 is 0 Å². The van der Waals surface area contributed by atoms with E-state index in [4.69, 9.17) is 5.73 Å². The van der Waals surface area contributed by atoms with E-state index in [0.29, 0.717) is 6.54 Å². The van der Waals surface area contributed by atoms with Crippen LogP contribution in [0.5, 0.6) is 0 Å². The highest BCUT2D eigenvalue weighted by Crippen LogP contribution is 2.33. The molecule has 0 saturated heterocycles. The van der Waals surface area contributed by atoms with Gasteiger partial charge in [0.2, 0.25) is 0 Å². The molecule has 0 unspecified atom stereocenters. The Morgan fingerprint density at radius 1 is 1.24 bits per heavy atom. The molecule has 0 atom stereocenters. The molecule has 0 bridgehead atoms. The third-order valence-corrected chi connectivity index (χ3v) is 4.33. The van der Waals surface area contributed by atoms with E-state index >= 15 is 0 Å². The SMILES string of the molecule is NCc1ccc2c(c1)N(CC1CCCC1)CC2. The monoisotopic (exact) mass is 230 g/mol. The van der Waals surface area contributed by atoms with Crippen LogP contribution in [0.2, 0.25) is 0 Å². The van der Waals surface area contributed by atoms with Gasteiger partial charge in [0.05, 0.1) is 0 Å². The summed E-state index contributed by atoms with van der Waals surface area (Å²) < 4.78 is 0. The minimum Gasteiger partial charge on any atom is -0.371 e. The molecule has 2 N–H and O–H groups in total. The molecular formula is C15H22N2. The van der Waals surface area contributed by atoms with Gasteiger partial charge in [-0.2, -0.15) is 0 Å². The van der Waals surface area contributed by atoms with Crippen LogP contribution >= 0.6 is 0 Å². The summed E-state index contributed by atoms with van der Waals surface area (Å²) in [6.07, 6.45) is 6.96. The Kier molecular flexibility index (Phi) is 3.06. The van der Waals surface area contributed by atoms with E-state index in [1.54, 1.807) is 0 Å². The standard InChI is InChI=1S/C15H22N2/c16-10-13-5-6-14-7-8-17(15(14)9-13)11-12-3-1-2-4-12/h5-6,9,12H,1-4,7-8,10-11,16H2. The fourth-order valence-corrected chi connectivity index (χ4v) is 3.31. The first-order valence-corrected chi connectivity index (χ1v) is 6.93. The summed E-state index contributed by atoms with van der Waals surface area (Å²) in [4.78, 5) is 2.59. The van der Waals surface area contributed by atoms with Crippen LogP contribution in [-0.2, 0) is 13.0 Å². The molecule has 1 aromatic carbocycles. The predicted molar refractivity (Wildman–Crippen MR) is 72.2 cm³/mol. The van der Waals surface area contributed by atoms with E-state index in [1.807, 2.05) is 0 Å². The summed E-state index contributed by atoms with van der Waals surface area (Å²) in [7, 11) is 0. The highest BCUT2D eigenvalue weighted by Gasteiger charge is 2.23. The van der Waals surface area contributed by atoms with Crippen molar-refractivity contribution in [2.24, 2.45) is 11.7 Å². The Bertz CT molecular complexity index is 394. The normalized spacial score (nSPS) is 19.9. The lowest BCUT2D eigenvalue weighted by atomic mass is 10.1. The number of fused-ring (bicyclic) bond motifs is 1. The van der Waals surface area contributed by atoms with Gasteiger partial charge in [0.15, 0.2) is 0 Å². The smallest absolute Gasteiger partial charge is 0.0402 e. The van der Waals surface area contributed by atoms with Crippen molar-refractivity contribution in [1.82, 2.24) is 0 Å². The molecule has 1 fully saturated rings. The largest absolute Gasteiger partial charge is 0.371 e. The average molecular weight is 230 g/mol. The molecule has 0 amide bonds. The molecule has 3 rings (SSSR count). The summed E-state index contributed by atoms with van der Waals surface area (Å²) in [5.41, 5.74) is 9.97. The number of nitrogens with two attached hydrogens (primary N) is 1. The van der Waals surface area contributed by atoms with Gasteiger partial charge in [0.25, 0.3) is 0 Å². The van der Waals surface area contributed by atoms with Gasteiger partial charge in [-0.25, -0.2) is 0 Å². The lowest BCUT2D eigenvalue weighted by Crippen LogP contribution is -2.26. The number of anilines is 1. The zero-order valence-corrected chi connectivity index (χ0v) is 10.5. The van der Waals surface area contributed by atoms with Crippen LogP contribution in [0.4, 0.5) is 5.69 Å². The molecule has 1 aliphatic heterocycles. The van der Waals surface area contributed by atoms with Crippen molar-refractivity contribution in [2.75, 3.05) is 18.0 Å². The quantitative estimate of drug-likeness (QED) is 0.865. The van der Waals surface area contributed by atoms with Crippen molar-refractivity contribution >= 4 is 5.69 Å². The molecule has 0 spiro atoms. The van der Waals surface area contributed by atoms with E-state index in [9.17, 15) is 0 Å². The van der Waals surface area contributed by atoms with Crippen molar-refractivity contribution in [1.29, 1.82) is 0 Å². The molecule has 1 aromatic rings. The van der Waals surface area contributed by atoms with E-state index in [-0.39, 0.29) is 0 Å². The van der Waals surface area contributed by atoms with Crippen molar-refractivity contribution in [3.8, 4) is 0 Å².